The molecule has 0 spiro atoms. The van der Waals surface area contributed by atoms with E-state index in [-0.39, 0.29) is 35.1 Å². The summed E-state index contributed by atoms with van der Waals surface area (Å²) in [7, 11) is 0. The molecule has 1 aromatic carbocycles. The molecule has 28 heavy (non-hydrogen) atoms. The van der Waals surface area contributed by atoms with E-state index in [1.54, 1.807) is 15.5 Å². The van der Waals surface area contributed by atoms with Gasteiger partial charge in [0.1, 0.15) is 0 Å². The zero-order chi connectivity index (χ0) is 20.3. The number of fused-ring (bicyclic) bond motifs is 1. The highest BCUT2D eigenvalue weighted by molar-refractivity contribution is 7.99. The Hall–Kier alpha value is -2.35. The van der Waals surface area contributed by atoms with Gasteiger partial charge in [0.2, 0.25) is 11.8 Å². The maximum atomic E-state index is 13.0. The number of para-hydroxylation sites is 1. The summed E-state index contributed by atoms with van der Waals surface area (Å²) in [6.07, 6.45) is 2.29. The Kier molecular flexibility index (Phi) is 6.39. The number of hydrogen-bond donors (Lipinski definition) is 1. The summed E-state index contributed by atoms with van der Waals surface area (Å²) in [4.78, 5) is 43.4. The Balaban J connectivity index is 1.82. The van der Waals surface area contributed by atoms with Crippen LogP contribution < -0.4 is 11.3 Å². The summed E-state index contributed by atoms with van der Waals surface area (Å²) in [5, 5.41) is 1.13. The highest BCUT2D eigenvalue weighted by atomic mass is 32.2. The van der Waals surface area contributed by atoms with Crippen molar-refractivity contribution in [2.24, 2.45) is 11.7 Å². The fourth-order valence-electron chi connectivity index (χ4n) is 3.45. The third-order valence-electron chi connectivity index (χ3n) is 5.31. The SMILES string of the molecule is CC[C@@H](C)n1c(SCC(=O)N2CCC[C@H](C(N)=O)C2)nc2ccccc2c1=O. The molecule has 2 N–H and O–H groups in total. The van der Waals surface area contributed by atoms with Crippen LogP contribution in [0.15, 0.2) is 34.2 Å². The number of aromatic nitrogens is 2. The van der Waals surface area contributed by atoms with Gasteiger partial charge in [-0.1, -0.05) is 30.8 Å². The van der Waals surface area contributed by atoms with E-state index >= 15 is 0 Å². The quantitative estimate of drug-likeness (QED) is 0.590. The molecule has 150 valence electrons. The van der Waals surface area contributed by atoms with Gasteiger partial charge in [0.15, 0.2) is 5.16 Å². The summed E-state index contributed by atoms with van der Waals surface area (Å²) in [5.41, 5.74) is 5.95. The number of rotatable bonds is 6. The first-order valence-corrected chi connectivity index (χ1v) is 10.6. The molecular weight excluding hydrogens is 376 g/mol. The number of hydrogen-bond acceptors (Lipinski definition) is 5. The van der Waals surface area contributed by atoms with Gasteiger partial charge in [-0.25, -0.2) is 4.98 Å². The van der Waals surface area contributed by atoms with Crippen LogP contribution in [0.2, 0.25) is 0 Å². The molecule has 0 aliphatic carbocycles. The van der Waals surface area contributed by atoms with E-state index in [9.17, 15) is 14.4 Å². The van der Waals surface area contributed by atoms with Crippen molar-refractivity contribution >= 4 is 34.5 Å². The number of primary amides is 1. The van der Waals surface area contributed by atoms with Gasteiger partial charge in [0.25, 0.3) is 5.56 Å². The van der Waals surface area contributed by atoms with E-state index in [2.05, 4.69) is 4.98 Å². The smallest absolute Gasteiger partial charge is 0.262 e. The van der Waals surface area contributed by atoms with Crippen molar-refractivity contribution in [1.29, 1.82) is 0 Å². The molecule has 1 aliphatic heterocycles. The third-order valence-corrected chi connectivity index (χ3v) is 6.25. The largest absolute Gasteiger partial charge is 0.369 e. The minimum atomic E-state index is -0.355. The first-order chi connectivity index (χ1) is 13.4. The van der Waals surface area contributed by atoms with E-state index < -0.39 is 0 Å². The van der Waals surface area contributed by atoms with Gasteiger partial charge in [-0.2, -0.15) is 0 Å². The van der Waals surface area contributed by atoms with Gasteiger partial charge >= 0.3 is 0 Å². The second-order valence-corrected chi connectivity index (χ2v) is 8.16. The van der Waals surface area contributed by atoms with Gasteiger partial charge in [-0.3, -0.25) is 19.0 Å². The van der Waals surface area contributed by atoms with Crippen molar-refractivity contribution in [2.75, 3.05) is 18.8 Å². The Bertz CT molecular complexity index is 943. The highest BCUT2D eigenvalue weighted by Gasteiger charge is 2.27. The number of amides is 2. The molecule has 1 aromatic heterocycles. The monoisotopic (exact) mass is 402 g/mol. The number of carbonyl (C=O) groups excluding carboxylic acids is 2. The van der Waals surface area contributed by atoms with Crippen LogP contribution in [0.1, 0.15) is 39.2 Å². The fourth-order valence-corrected chi connectivity index (χ4v) is 4.45. The lowest BCUT2D eigenvalue weighted by atomic mass is 9.97. The van der Waals surface area contributed by atoms with Gasteiger partial charge in [-0.05, 0) is 38.3 Å². The number of likely N-dealkylation sites (tertiary alicyclic amines) is 1. The fraction of sp³-hybridized carbons (Fsp3) is 0.500. The van der Waals surface area contributed by atoms with E-state index in [1.807, 2.05) is 32.0 Å². The molecule has 8 heteroatoms. The molecule has 3 rings (SSSR count). The van der Waals surface area contributed by atoms with Crippen LogP contribution in [-0.4, -0.2) is 45.1 Å². The minimum Gasteiger partial charge on any atom is -0.369 e. The summed E-state index contributed by atoms with van der Waals surface area (Å²) in [5.74, 6) is -0.520. The number of nitrogens with two attached hydrogens (primary N) is 1. The number of benzene rings is 1. The molecule has 1 fully saturated rings. The summed E-state index contributed by atoms with van der Waals surface area (Å²) in [6, 6.07) is 7.25. The third kappa shape index (κ3) is 4.22. The Morgan fingerprint density at radius 1 is 1.36 bits per heavy atom. The Morgan fingerprint density at radius 2 is 2.11 bits per heavy atom. The first kappa shape index (κ1) is 20.4. The van der Waals surface area contributed by atoms with Crippen LogP contribution in [0, 0.1) is 5.92 Å². The Morgan fingerprint density at radius 3 is 2.82 bits per heavy atom. The predicted molar refractivity (Wildman–Crippen MR) is 110 cm³/mol. The van der Waals surface area contributed by atoms with Crippen LogP contribution in [-0.2, 0) is 9.59 Å². The van der Waals surface area contributed by atoms with Gasteiger partial charge < -0.3 is 10.6 Å². The number of carbonyl (C=O) groups is 2. The number of piperidine rings is 1. The maximum Gasteiger partial charge on any atom is 0.262 e. The number of nitrogens with zero attached hydrogens (tertiary/aromatic N) is 3. The van der Waals surface area contributed by atoms with Crippen molar-refractivity contribution in [1.82, 2.24) is 14.5 Å². The van der Waals surface area contributed by atoms with E-state index in [0.29, 0.717) is 29.1 Å². The van der Waals surface area contributed by atoms with Gasteiger partial charge in [-0.15, -0.1) is 0 Å². The highest BCUT2D eigenvalue weighted by Crippen LogP contribution is 2.24. The Labute approximate surface area is 168 Å². The molecular formula is C20H26N4O3S. The molecule has 2 heterocycles. The molecule has 2 amide bonds. The first-order valence-electron chi connectivity index (χ1n) is 9.63. The summed E-state index contributed by atoms with van der Waals surface area (Å²) < 4.78 is 1.68. The maximum absolute atomic E-state index is 13.0. The molecule has 2 aromatic rings. The molecule has 7 nitrogen and oxygen atoms in total. The second-order valence-electron chi connectivity index (χ2n) is 7.21. The molecule has 0 saturated carbocycles. The summed E-state index contributed by atoms with van der Waals surface area (Å²) >= 11 is 1.28. The molecule has 0 radical (unpaired) electrons. The lowest BCUT2D eigenvalue weighted by Gasteiger charge is -2.31. The normalized spacial score (nSPS) is 18.2. The van der Waals surface area contributed by atoms with Crippen molar-refractivity contribution in [2.45, 2.75) is 44.3 Å². The van der Waals surface area contributed by atoms with Crippen molar-refractivity contribution in [3.05, 3.63) is 34.6 Å². The average molecular weight is 403 g/mol. The van der Waals surface area contributed by atoms with Crippen molar-refractivity contribution in [3.63, 3.8) is 0 Å². The zero-order valence-electron chi connectivity index (χ0n) is 16.3. The van der Waals surface area contributed by atoms with E-state index in [1.165, 1.54) is 11.8 Å². The standard InChI is InChI=1S/C20H26N4O3S/c1-3-13(2)24-19(27)15-8-4-5-9-16(15)22-20(24)28-12-17(25)23-10-6-7-14(11-23)18(21)26/h4-5,8-9,13-14H,3,6-7,10-12H2,1-2H3,(H2,21,26)/t13-,14+/m1/s1. The van der Waals surface area contributed by atoms with Crippen LogP contribution in [0.25, 0.3) is 10.9 Å². The van der Waals surface area contributed by atoms with E-state index in [4.69, 9.17) is 5.73 Å². The lowest BCUT2D eigenvalue weighted by Crippen LogP contribution is -2.44. The summed E-state index contributed by atoms with van der Waals surface area (Å²) in [6.45, 7) is 5.00. The number of thioether (sulfide) groups is 1. The van der Waals surface area contributed by atoms with Crippen LogP contribution in [0.3, 0.4) is 0 Å². The molecule has 0 unspecified atom stereocenters. The lowest BCUT2D eigenvalue weighted by molar-refractivity contribution is -0.132. The molecule has 0 bridgehead atoms. The molecule has 2 atom stereocenters. The zero-order valence-corrected chi connectivity index (χ0v) is 17.1. The second kappa shape index (κ2) is 8.77. The predicted octanol–water partition coefficient (Wildman–Crippen LogP) is 2.18. The van der Waals surface area contributed by atoms with Gasteiger partial charge in [0, 0.05) is 19.1 Å². The molecule has 1 aliphatic rings. The molecule has 1 saturated heterocycles. The van der Waals surface area contributed by atoms with E-state index in [0.717, 1.165) is 19.3 Å². The van der Waals surface area contributed by atoms with Crippen LogP contribution >= 0.6 is 11.8 Å². The van der Waals surface area contributed by atoms with Gasteiger partial charge in [0.05, 0.1) is 22.6 Å². The van der Waals surface area contributed by atoms with Crippen LogP contribution in [0.4, 0.5) is 0 Å². The topological polar surface area (TPSA) is 98.3 Å². The van der Waals surface area contributed by atoms with Crippen molar-refractivity contribution < 1.29 is 9.59 Å². The minimum absolute atomic E-state index is 0.0172. The van der Waals surface area contributed by atoms with Crippen LogP contribution in [0.5, 0.6) is 0 Å². The van der Waals surface area contributed by atoms with Crippen molar-refractivity contribution in [3.8, 4) is 0 Å². The average Bonchev–Trinajstić information content (AvgIpc) is 2.71.